The topological polar surface area (TPSA) is 29.1 Å². The maximum absolute atomic E-state index is 11.1. The highest BCUT2D eigenvalue weighted by molar-refractivity contribution is 6.30. The molecule has 1 aromatic carbocycles. The van der Waals surface area contributed by atoms with Crippen LogP contribution in [0.1, 0.15) is 6.92 Å². The van der Waals surface area contributed by atoms with Gasteiger partial charge in [-0.1, -0.05) is 23.7 Å². The van der Waals surface area contributed by atoms with Crippen molar-refractivity contribution >= 4 is 23.2 Å². The number of carbonyl (C=O) groups is 1. The molecule has 1 amide bonds. The van der Waals surface area contributed by atoms with Crippen LogP contribution in [0.4, 0.5) is 5.69 Å². The Bertz CT molecular complexity index is 333. The molecule has 0 aliphatic rings. The number of rotatable bonds is 2. The summed E-state index contributed by atoms with van der Waals surface area (Å²) in [6.07, 6.45) is 3.14. The first kappa shape index (κ1) is 9.81. The second-order valence-electron chi connectivity index (χ2n) is 2.50. The van der Waals surface area contributed by atoms with Gasteiger partial charge in [0.25, 0.3) is 0 Å². The summed E-state index contributed by atoms with van der Waals surface area (Å²) < 4.78 is 0. The minimum absolute atomic E-state index is 0.148. The molecule has 0 aliphatic heterocycles. The van der Waals surface area contributed by atoms with E-state index in [9.17, 15) is 4.79 Å². The number of amides is 1. The van der Waals surface area contributed by atoms with Gasteiger partial charge in [-0.15, -0.1) is 0 Å². The molecule has 0 aromatic heterocycles. The van der Waals surface area contributed by atoms with Crippen LogP contribution in [0, 0.1) is 0 Å². The van der Waals surface area contributed by atoms with E-state index >= 15 is 0 Å². The Morgan fingerprint density at radius 3 is 2.92 bits per heavy atom. The molecule has 0 heterocycles. The van der Waals surface area contributed by atoms with Crippen LogP contribution in [0.25, 0.3) is 0 Å². The zero-order chi connectivity index (χ0) is 9.68. The molecule has 0 saturated heterocycles. The predicted molar refractivity (Wildman–Crippen MR) is 54.9 cm³/mol. The van der Waals surface area contributed by atoms with Gasteiger partial charge in [-0.2, -0.15) is 0 Å². The van der Waals surface area contributed by atoms with E-state index in [2.05, 4.69) is 5.32 Å². The van der Waals surface area contributed by atoms with Crippen molar-refractivity contribution in [2.45, 2.75) is 6.92 Å². The molecule has 0 bridgehead atoms. The second kappa shape index (κ2) is 4.67. The molecule has 0 aliphatic carbocycles. The third-order valence-corrected chi connectivity index (χ3v) is 1.65. The Kier molecular flexibility index (Phi) is 3.53. The van der Waals surface area contributed by atoms with Crippen molar-refractivity contribution in [3.05, 3.63) is 41.4 Å². The van der Waals surface area contributed by atoms with E-state index in [4.69, 9.17) is 11.6 Å². The molecule has 2 nitrogen and oxygen atoms in total. The molecule has 0 unspecified atom stereocenters. The Hall–Kier alpha value is -1.28. The van der Waals surface area contributed by atoms with Crippen molar-refractivity contribution in [3.8, 4) is 0 Å². The van der Waals surface area contributed by atoms with Gasteiger partial charge in [0.2, 0.25) is 5.91 Å². The van der Waals surface area contributed by atoms with E-state index in [1.54, 1.807) is 37.3 Å². The van der Waals surface area contributed by atoms with Gasteiger partial charge in [-0.05, 0) is 31.2 Å². The van der Waals surface area contributed by atoms with Crippen molar-refractivity contribution in [2.24, 2.45) is 0 Å². The van der Waals surface area contributed by atoms with Gasteiger partial charge in [-0.3, -0.25) is 4.79 Å². The number of hydrogen-bond acceptors (Lipinski definition) is 1. The fourth-order valence-electron chi connectivity index (χ4n) is 0.902. The lowest BCUT2D eigenvalue weighted by Gasteiger charge is -2.01. The summed E-state index contributed by atoms with van der Waals surface area (Å²) in [5, 5.41) is 3.28. The third kappa shape index (κ3) is 3.30. The highest BCUT2D eigenvalue weighted by Gasteiger charge is 1.96. The largest absolute Gasteiger partial charge is 0.322 e. The number of allylic oxidation sites excluding steroid dienone is 1. The van der Waals surface area contributed by atoms with Gasteiger partial charge in [0.15, 0.2) is 0 Å². The Balaban J connectivity index is 2.69. The van der Waals surface area contributed by atoms with E-state index in [1.165, 1.54) is 6.08 Å². The predicted octanol–water partition coefficient (Wildman–Crippen LogP) is 2.85. The fourth-order valence-corrected chi connectivity index (χ4v) is 1.09. The van der Waals surface area contributed by atoms with Gasteiger partial charge < -0.3 is 5.32 Å². The van der Waals surface area contributed by atoms with Crippen molar-refractivity contribution in [1.82, 2.24) is 0 Å². The SMILES string of the molecule is C/C=C/C(=O)Nc1cccc(Cl)c1. The van der Waals surface area contributed by atoms with Crippen LogP contribution < -0.4 is 5.32 Å². The summed E-state index contributed by atoms with van der Waals surface area (Å²) in [6, 6.07) is 7.02. The van der Waals surface area contributed by atoms with E-state index in [1.807, 2.05) is 0 Å². The van der Waals surface area contributed by atoms with Gasteiger partial charge in [0.1, 0.15) is 0 Å². The molecule has 1 aromatic rings. The molecule has 0 radical (unpaired) electrons. The van der Waals surface area contributed by atoms with Crippen LogP contribution in [0.15, 0.2) is 36.4 Å². The molecular weight excluding hydrogens is 186 g/mol. The summed E-state index contributed by atoms with van der Waals surface area (Å²) >= 11 is 5.74. The van der Waals surface area contributed by atoms with Crippen molar-refractivity contribution < 1.29 is 4.79 Å². The third-order valence-electron chi connectivity index (χ3n) is 1.41. The van der Waals surface area contributed by atoms with E-state index in [-0.39, 0.29) is 5.91 Å². The lowest BCUT2D eigenvalue weighted by molar-refractivity contribution is -0.111. The maximum Gasteiger partial charge on any atom is 0.248 e. The van der Waals surface area contributed by atoms with E-state index < -0.39 is 0 Å². The normalized spacial score (nSPS) is 10.3. The first-order chi connectivity index (χ1) is 6.22. The summed E-state index contributed by atoms with van der Waals surface area (Å²) in [7, 11) is 0. The highest BCUT2D eigenvalue weighted by atomic mass is 35.5. The molecule has 0 fully saturated rings. The average molecular weight is 196 g/mol. The molecule has 13 heavy (non-hydrogen) atoms. The Morgan fingerprint density at radius 2 is 2.31 bits per heavy atom. The van der Waals surface area contributed by atoms with Crippen LogP contribution in [-0.4, -0.2) is 5.91 Å². The fraction of sp³-hybridized carbons (Fsp3) is 0.100. The molecule has 68 valence electrons. The first-order valence-corrected chi connectivity index (χ1v) is 4.29. The van der Waals surface area contributed by atoms with Crippen LogP contribution in [-0.2, 0) is 4.79 Å². The maximum atomic E-state index is 11.1. The van der Waals surface area contributed by atoms with Crippen molar-refractivity contribution in [3.63, 3.8) is 0 Å². The zero-order valence-electron chi connectivity index (χ0n) is 7.25. The van der Waals surface area contributed by atoms with Crippen molar-refractivity contribution in [1.29, 1.82) is 0 Å². The van der Waals surface area contributed by atoms with Gasteiger partial charge in [0.05, 0.1) is 0 Å². The molecule has 0 spiro atoms. The Morgan fingerprint density at radius 1 is 1.54 bits per heavy atom. The lowest BCUT2D eigenvalue weighted by atomic mass is 10.3. The smallest absolute Gasteiger partial charge is 0.248 e. The summed E-state index contributed by atoms with van der Waals surface area (Å²) in [5.41, 5.74) is 0.704. The van der Waals surface area contributed by atoms with Gasteiger partial charge in [0, 0.05) is 10.7 Å². The highest BCUT2D eigenvalue weighted by Crippen LogP contribution is 2.14. The van der Waals surface area contributed by atoms with Crippen LogP contribution in [0.5, 0.6) is 0 Å². The number of carbonyl (C=O) groups excluding carboxylic acids is 1. The quantitative estimate of drug-likeness (QED) is 0.723. The number of halogens is 1. The number of hydrogen-bond donors (Lipinski definition) is 1. The van der Waals surface area contributed by atoms with Crippen LogP contribution >= 0.6 is 11.6 Å². The number of benzene rings is 1. The van der Waals surface area contributed by atoms with E-state index in [0.717, 1.165) is 0 Å². The monoisotopic (exact) mass is 195 g/mol. The molecule has 3 heteroatoms. The number of anilines is 1. The van der Waals surface area contributed by atoms with E-state index in [0.29, 0.717) is 10.7 Å². The van der Waals surface area contributed by atoms with Crippen LogP contribution in [0.2, 0.25) is 5.02 Å². The molecular formula is C10H10ClNO. The van der Waals surface area contributed by atoms with Gasteiger partial charge in [-0.25, -0.2) is 0 Å². The minimum Gasteiger partial charge on any atom is -0.322 e. The zero-order valence-corrected chi connectivity index (χ0v) is 8.01. The average Bonchev–Trinajstić information content (AvgIpc) is 2.04. The van der Waals surface area contributed by atoms with Crippen LogP contribution in [0.3, 0.4) is 0 Å². The Labute approximate surface area is 82.2 Å². The van der Waals surface area contributed by atoms with Gasteiger partial charge >= 0.3 is 0 Å². The second-order valence-corrected chi connectivity index (χ2v) is 2.94. The summed E-state index contributed by atoms with van der Waals surface area (Å²) in [6.45, 7) is 1.79. The standard InChI is InChI=1S/C10H10ClNO/c1-2-4-10(13)12-9-6-3-5-8(11)7-9/h2-7H,1H3,(H,12,13)/b4-2+. The first-order valence-electron chi connectivity index (χ1n) is 3.91. The molecule has 0 saturated carbocycles. The molecule has 1 rings (SSSR count). The summed E-state index contributed by atoms with van der Waals surface area (Å²) in [5.74, 6) is -0.148. The number of nitrogens with one attached hydrogen (secondary N) is 1. The van der Waals surface area contributed by atoms with Crippen molar-refractivity contribution in [2.75, 3.05) is 5.32 Å². The minimum atomic E-state index is -0.148. The molecule has 0 atom stereocenters. The summed E-state index contributed by atoms with van der Waals surface area (Å²) in [4.78, 5) is 11.1. The lowest BCUT2D eigenvalue weighted by Crippen LogP contribution is -2.07. The molecule has 1 N–H and O–H groups in total.